The highest BCUT2D eigenvalue weighted by molar-refractivity contribution is 6.35. The second-order valence-corrected chi connectivity index (χ2v) is 8.58. The van der Waals surface area contributed by atoms with Crippen molar-refractivity contribution in [2.75, 3.05) is 13.1 Å². The number of benzene rings is 2. The van der Waals surface area contributed by atoms with E-state index in [2.05, 4.69) is 30.0 Å². The zero-order valence-electron chi connectivity index (χ0n) is 17.7. The third kappa shape index (κ3) is 3.48. The van der Waals surface area contributed by atoms with E-state index >= 15 is 0 Å². The Balaban J connectivity index is 1.81. The van der Waals surface area contributed by atoms with Crippen LogP contribution in [0.25, 0.3) is 5.57 Å². The van der Waals surface area contributed by atoms with Gasteiger partial charge in [-0.25, -0.2) is 0 Å². The molecule has 4 rings (SSSR count). The van der Waals surface area contributed by atoms with Gasteiger partial charge in [0.2, 0.25) is 0 Å². The number of nitrogens with zero attached hydrogens (tertiary/aromatic N) is 2. The van der Waals surface area contributed by atoms with Crippen LogP contribution < -0.4 is 0 Å². The molecular weight excluding hydrogens is 360 g/mol. The van der Waals surface area contributed by atoms with E-state index in [0.717, 1.165) is 24.1 Å². The third-order valence-electron chi connectivity index (χ3n) is 5.93. The summed E-state index contributed by atoms with van der Waals surface area (Å²) >= 11 is 0. The van der Waals surface area contributed by atoms with Crippen molar-refractivity contribution in [2.24, 2.45) is 5.92 Å². The van der Waals surface area contributed by atoms with E-state index in [1.165, 1.54) is 21.6 Å². The lowest BCUT2D eigenvalue weighted by Gasteiger charge is -2.31. The minimum absolute atomic E-state index is 0.156. The standard InChI is InChI=1S/C25H28N2O2/c1-16(2)14-27-24(28)22(20-10-9-17(3)18(4)13-20)23(25(27)29)26-12-11-19-7-5-6-8-21(19)15-26/h5-10,13,16H,11-12,14-15H2,1-4H3. The molecule has 0 saturated carbocycles. The Kier molecular flexibility index (Phi) is 5.03. The van der Waals surface area contributed by atoms with Crippen LogP contribution in [0.4, 0.5) is 0 Å². The summed E-state index contributed by atoms with van der Waals surface area (Å²) in [6, 6.07) is 14.4. The van der Waals surface area contributed by atoms with Crippen LogP contribution in [0.5, 0.6) is 0 Å². The van der Waals surface area contributed by atoms with Gasteiger partial charge in [0.15, 0.2) is 0 Å². The van der Waals surface area contributed by atoms with Crippen LogP contribution in [-0.4, -0.2) is 34.7 Å². The average Bonchev–Trinajstić information content (AvgIpc) is 2.94. The second kappa shape index (κ2) is 7.51. The number of rotatable bonds is 4. The first-order chi connectivity index (χ1) is 13.9. The van der Waals surface area contributed by atoms with Crippen molar-refractivity contribution < 1.29 is 9.59 Å². The Labute approximate surface area is 172 Å². The molecule has 2 heterocycles. The number of carbonyl (C=O) groups excluding carboxylic acids is 2. The molecule has 150 valence electrons. The molecule has 0 spiro atoms. The first-order valence-corrected chi connectivity index (χ1v) is 10.4. The molecule has 2 aliphatic heterocycles. The SMILES string of the molecule is Cc1ccc(C2=C(N3CCc4ccccc4C3)C(=O)N(CC(C)C)C2=O)cc1C. The number of amides is 2. The summed E-state index contributed by atoms with van der Waals surface area (Å²) in [4.78, 5) is 30.3. The Morgan fingerprint density at radius 1 is 0.931 bits per heavy atom. The summed E-state index contributed by atoms with van der Waals surface area (Å²) in [6.45, 7) is 10.0. The van der Waals surface area contributed by atoms with Crippen molar-refractivity contribution >= 4 is 17.4 Å². The predicted octanol–water partition coefficient (Wildman–Crippen LogP) is 4.10. The van der Waals surface area contributed by atoms with Gasteiger partial charge in [0, 0.05) is 19.6 Å². The number of hydrogen-bond acceptors (Lipinski definition) is 3. The molecule has 2 aromatic rings. The fourth-order valence-corrected chi connectivity index (χ4v) is 4.23. The summed E-state index contributed by atoms with van der Waals surface area (Å²) in [5.74, 6) is -0.0949. The van der Waals surface area contributed by atoms with E-state index < -0.39 is 0 Å². The van der Waals surface area contributed by atoms with Crippen molar-refractivity contribution in [3.05, 3.63) is 76.0 Å². The molecule has 0 aromatic heterocycles. The number of fused-ring (bicyclic) bond motifs is 1. The average molecular weight is 389 g/mol. The molecule has 2 amide bonds. The predicted molar refractivity (Wildman–Crippen MR) is 115 cm³/mol. The Morgan fingerprint density at radius 3 is 2.34 bits per heavy atom. The maximum atomic E-state index is 13.4. The minimum atomic E-state index is -0.166. The van der Waals surface area contributed by atoms with E-state index in [9.17, 15) is 9.59 Å². The lowest BCUT2D eigenvalue weighted by atomic mass is 9.96. The van der Waals surface area contributed by atoms with Crippen LogP contribution in [0.3, 0.4) is 0 Å². The third-order valence-corrected chi connectivity index (χ3v) is 5.93. The molecule has 0 fully saturated rings. The minimum Gasteiger partial charge on any atom is -0.362 e. The smallest absolute Gasteiger partial charge is 0.277 e. The number of hydrogen-bond donors (Lipinski definition) is 0. The van der Waals surface area contributed by atoms with Gasteiger partial charge in [-0.3, -0.25) is 14.5 Å². The van der Waals surface area contributed by atoms with Crippen LogP contribution in [0.15, 0.2) is 48.2 Å². The molecule has 0 atom stereocenters. The highest BCUT2D eigenvalue weighted by atomic mass is 16.2. The van der Waals surface area contributed by atoms with E-state index in [0.29, 0.717) is 24.4 Å². The molecular formula is C25H28N2O2. The van der Waals surface area contributed by atoms with Crippen LogP contribution in [-0.2, 0) is 22.6 Å². The van der Waals surface area contributed by atoms with Crippen molar-refractivity contribution in [1.29, 1.82) is 0 Å². The van der Waals surface area contributed by atoms with Crippen molar-refractivity contribution in [2.45, 2.75) is 40.7 Å². The largest absolute Gasteiger partial charge is 0.362 e. The van der Waals surface area contributed by atoms with Crippen LogP contribution in [0.2, 0.25) is 0 Å². The van der Waals surface area contributed by atoms with Gasteiger partial charge < -0.3 is 4.90 Å². The normalized spacial score (nSPS) is 16.9. The van der Waals surface area contributed by atoms with E-state index in [4.69, 9.17) is 0 Å². The van der Waals surface area contributed by atoms with Gasteiger partial charge in [0.05, 0.1) is 5.57 Å². The highest BCUT2D eigenvalue weighted by Gasteiger charge is 2.42. The van der Waals surface area contributed by atoms with E-state index in [-0.39, 0.29) is 17.7 Å². The molecule has 2 aliphatic rings. The lowest BCUT2D eigenvalue weighted by Crippen LogP contribution is -2.38. The molecule has 4 heteroatoms. The Bertz CT molecular complexity index is 1020. The van der Waals surface area contributed by atoms with Crippen molar-refractivity contribution in [3.8, 4) is 0 Å². The molecule has 0 bridgehead atoms. The summed E-state index contributed by atoms with van der Waals surface area (Å²) in [7, 11) is 0. The maximum Gasteiger partial charge on any atom is 0.277 e. The number of imide groups is 1. The lowest BCUT2D eigenvalue weighted by molar-refractivity contribution is -0.138. The van der Waals surface area contributed by atoms with Crippen molar-refractivity contribution in [1.82, 2.24) is 9.80 Å². The van der Waals surface area contributed by atoms with Gasteiger partial charge >= 0.3 is 0 Å². The zero-order valence-corrected chi connectivity index (χ0v) is 17.7. The Morgan fingerprint density at radius 2 is 1.66 bits per heavy atom. The second-order valence-electron chi connectivity index (χ2n) is 8.58. The van der Waals surface area contributed by atoms with Gasteiger partial charge in [-0.1, -0.05) is 56.3 Å². The zero-order chi connectivity index (χ0) is 20.7. The fraction of sp³-hybridized carbons (Fsp3) is 0.360. The molecule has 0 saturated heterocycles. The number of carbonyl (C=O) groups is 2. The molecule has 0 radical (unpaired) electrons. The molecule has 4 nitrogen and oxygen atoms in total. The first kappa shape index (κ1) is 19.4. The van der Waals surface area contributed by atoms with Crippen LogP contribution >= 0.6 is 0 Å². The summed E-state index contributed by atoms with van der Waals surface area (Å²) in [6.07, 6.45) is 0.880. The molecule has 29 heavy (non-hydrogen) atoms. The summed E-state index contributed by atoms with van der Waals surface area (Å²) < 4.78 is 0. The van der Waals surface area contributed by atoms with Gasteiger partial charge in [0.25, 0.3) is 11.8 Å². The summed E-state index contributed by atoms with van der Waals surface area (Å²) in [5, 5.41) is 0. The van der Waals surface area contributed by atoms with Gasteiger partial charge in [0.1, 0.15) is 5.70 Å². The topological polar surface area (TPSA) is 40.6 Å². The van der Waals surface area contributed by atoms with Crippen molar-refractivity contribution in [3.63, 3.8) is 0 Å². The monoisotopic (exact) mass is 388 g/mol. The molecule has 0 aliphatic carbocycles. The van der Waals surface area contributed by atoms with Gasteiger partial charge in [-0.2, -0.15) is 0 Å². The van der Waals surface area contributed by atoms with Gasteiger partial charge in [-0.05, 0) is 54.0 Å². The molecule has 0 unspecified atom stereocenters. The van der Waals surface area contributed by atoms with Gasteiger partial charge in [-0.15, -0.1) is 0 Å². The maximum absolute atomic E-state index is 13.4. The first-order valence-electron chi connectivity index (χ1n) is 10.4. The Hall–Kier alpha value is -2.88. The molecule has 2 aromatic carbocycles. The molecule has 0 N–H and O–H groups in total. The summed E-state index contributed by atoms with van der Waals surface area (Å²) in [5.41, 5.74) is 6.82. The number of aryl methyl sites for hydroxylation is 2. The fourth-order valence-electron chi connectivity index (χ4n) is 4.23. The van der Waals surface area contributed by atoms with E-state index in [1.54, 1.807) is 0 Å². The highest BCUT2D eigenvalue weighted by Crippen LogP contribution is 2.35. The van der Waals surface area contributed by atoms with E-state index in [1.807, 2.05) is 45.0 Å². The van der Waals surface area contributed by atoms with Crippen LogP contribution in [0.1, 0.15) is 41.7 Å². The quantitative estimate of drug-likeness (QED) is 0.741. The van der Waals surface area contributed by atoms with Crippen LogP contribution in [0, 0.1) is 19.8 Å².